The summed E-state index contributed by atoms with van der Waals surface area (Å²) in [7, 11) is 0. The summed E-state index contributed by atoms with van der Waals surface area (Å²) in [5.74, 6) is 1.11. The normalized spacial score (nSPS) is 17.0. The molecule has 0 bridgehead atoms. The first-order valence-electron chi connectivity index (χ1n) is 8.65. The number of halogens is 1. The van der Waals surface area contributed by atoms with Crippen LogP contribution in [0.5, 0.6) is 0 Å². The second-order valence-electron chi connectivity index (χ2n) is 6.31. The average molecular weight is 372 g/mol. The molecule has 26 heavy (non-hydrogen) atoms. The summed E-state index contributed by atoms with van der Waals surface area (Å²) in [5.41, 5.74) is 2.00. The van der Waals surface area contributed by atoms with Gasteiger partial charge in [-0.3, -0.25) is 4.79 Å². The zero-order valence-electron chi connectivity index (χ0n) is 14.3. The van der Waals surface area contributed by atoms with E-state index in [1.807, 2.05) is 25.1 Å². The molecule has 2 aromatic heterocycles. The molecule has 0 aliphatic carbocycles. The van der Waals surface area contributed by atoms with Crippen molar-refractivity contribution in [1.29, 1.82) is 0 Å². The third-order valence-electron chi connectivity index (χ3n) is 4.64. The van der Waals surface area contributed by atoms with Crippen molar-refractivity contribution in [3.63, 3.8) is 0 Å². The molecule has 3 heterocycles. The van der Waals surface area contributed by atoms with Gasteiger partial charge in [0, 0.05) is 29.3 Å². The van der Waals surface area contributed by atoms with E-state index >= 15 is 0 Å². The van der Waals surface area contributed by atoms with Crippen molar-refractivity contribution < 1.29 is 13.8 Å². The third-order valence-corrected chi connectivity index (χ3v) is 4.89. The number of hydrogen-bond acceptors (Lipinski definition) is 5. The lowest BCUT2D eigenvalue weighted by atomic mass is 10.1. The highest BCUT2D eigenvalue weighted by atomic mass is 35.5. The Kier molecular flexibility index (Phi) is 4.51. The van der Waals surface area contributed by atoms with Crippen LogP contribution >= 0.6 is 11.6 Å². The molecular weight excluding hydrogens is 354 g/mol. The number of amides is 1. The van der Waals surface area contributed by atoms with Gasteiger partial charge in [0.25, 0.3) is 5.91 Å². The van der Waals surface area contributed by atoms with E-state index in [0.29, 0.717) is 17.3 Å². The number of benzene rings is 1. The Morgan fingerprint density at radius 3 is 2.77 bits per heavy atom. The molecule has 4 rings (SSSR count). The number of aryl methyl sites for hydroxylation is 1. The van der Waals surface area contributed by atoms with Crippen molar-refractivity contribution in [2.45, 2.75) is 32.2 Å². The first kappa shape index (κ1) is 16.8. The number of nitrogens with zero attached hydrogens (tertiary/aromatic N) is 3. The van der Waals surface area contributed by atoms with Crippen LogP contribution in [0.2, 0.25) is 5.02 Å². The summed E-state index contributed by atoms with van der Waals surface area (Å²) in [6, 6.07) is 10.7. The molecule has 0 saturated carbocycles. The number of hydrogen-bond donors (Lipinski definition) is 0. The molecule has 0 unspecified atom stereocenters. The molecule has 134 valence electrons. The summed E-state index contributed by atoms with van der Waals surface area (Å²) in [4.78, 5) is 14.7. The number of carbonyl (C=O) groups is 1. The van der Waals surface area contributed by atoms with Gasteiger partial charge in [0.05, 0.1) is 11.7 Å². The molecule has 0 spiro atoms. The minimum atomic E-state index is -0.161. The van der Waals surface area contributed by atoms with Crippen LogP contribution in [0.4, 0.5) is 0 Å². The third kappa shape index (κ3) is 3.12. The molecule has 3 aromatic rings. The highest BCUT2D eigenvalue weighted by molar-refractivity contribution is 6.30. The first-order valence-corrected chi connectivity index (χ1v) is 9.02. The zero-order chi connectivity index (χ0) is 18.1. The predicted molar refractivity (Wildman–Crippen MR) is 95.8 cm³/mol. The van der Waals surface area contributed by atoms with E-state index in [4.69, 9.17) is 20.6 Å². The van der Waals surface area contributed by atoms with Crippen molar-refractivity contribution in [3.8, 4) is 11.3 Å². The standard InChI is InChI=1S/C19H18ClN3O3/c1-2-14-10-18(26-21-14)16-4-3-9-23(16)19(24)15-11-17(25-22-15)12-5-7-13(20)8-6-12/h5-8,10-11,16H,2-4,9H2,1H3/t16-/m0/s1. The molecule has 1 amide bonds. The van der Waals surface area contributed by atoms with Crippen molar-refractivity contribution in [3.05, 3.63) is 58.6 Å². The van der Waals surface area contributed by atoms with E-state index in [1.54, 1.807) is 23.1 Å². The number of carbonyl (C=O) groups excluding carboxylic acids is 1. The molecule has 1 aliphatic heterocycles. The molecule has 1 atom stereocenters. The van der Waals surface area contributed by atoms with Crippen molar-refractivity contribution >= 4 is 17.5 Å². The van der Waals surface area contributed by atoms with Gasteiger partial charge in [-0.05, 0) is 43.5 Å². The fourth-order valence-corrected chi connectivity index (χ4v) is 3.36. The Hall–Kier alpha value is -2.60. The monoisotopic (exact) mass is 371 g/mol. The quantitative estimate of drug-likeness (QED) is 0.674. The van der Waals surface area contributed by atoms with Gasteiger partial charge in [0.2, 0.25) is 0 Å². The van der Waals surface area contributed by atoms with Gasteiger partial charge in [-0.1, -0.05) is 28.8 Å². The number of rotatable bonds is 4. The van der Waals surface area contributed by atoms with Gasteiger partial charge in [-0.2, -0.15) is 0 Å². The minimum absolute atomic E-state index is 0.106. The van der Waals surface area contributed by atoms with Gasteiger partial charge < -0.3 is 13.9 Å². The molecule has 0 radical (unpaired) electrons. The highest BCUT2D eigenvalue weighted by Crippen LogP contribution is 2.34. The minimum Gasteiger partial charge on any atom is -0.359 e. The van der Waals surface area contributed by atoms with E-state index < -0.39 is 0 Å². The highest BCUT2D eigenvalue weighted by Gasteiger charge is 2.34. The summed E-state index contributed by atoms with van der Waals surface area (Å²) in [6.07, 6.45) is 2.57. The van der Waals surface area contributed by atoms with E-state index in [9.17, 15) is 4.79 Å². The Bertz CT molecular complexity index is 916. The van der Waals surface area contributed by atoms with Crippen molar-refractivity contribution in [2.24, 2.45) is 0 Å². The molecule has 7 heteroatoms. The molecule has 6 nitrogen and oxygen atoms in total. The Morgan fingerprint density at radius 1 is 1.23 bits per heavy atom. The number of aromatic nitrogens is 2. The second kappa shape index (κ2) is 6.96. The van der Waals surface area contributed by atoms with Crippen LogP contribution in [0, 0.1) is 0 Å². The van der Waals surface area contributed by atoms with Gasteiger partial charge in [0.1, 0.15) is 0 Å². The molecule has 0 N–H and O–H groups in total. The van der Waals surface area contributed by atoms with Crippen LogP contribution in [0.1, 0.15) is 47.7 Å². The van der Waals surface area contributed by atoms with Gasteiger partial charge in [-0.15, -0.1) is 0 Å². The van der Waals surface area contributed by atoms with Crippen LogP contribution in [-0.4, -0.2) is 27.7 Å². The summed E-state index contributed by atoms with van der Waals surface area (Å²) < 4.78 is 10.8. The largest absolute Gasteiger partial charge is 0.359 e. The van der Waals surface area contributed by atoms with Gasteiger partial charge >= 0.3 is 0 Å². The summed E-state index contributed by atoms with van der Waals surface area (Å²) in [6.45, 7) is 2.68. The maximum Gasteiger partial charge on any atom is 0.276 e. The first-order chi connectivity index (χ1) is 12.7. The molecule has 1 saturated heterocycles. The lowest BCUT2D eigenvalue weighted by molar-refractivity contribution is 0.0704. The second-order valence-corrected chi connectivity index (χ2v) is 6.75. The topological polar surface area (TPSA) is 72.4 Å². The van der Waals surface area contributed by atoms with Crippen LogP contribution in [0.3, 0.4) is 0 Å². The maximum atomic E-state index is 12.9. The van der Waals surface area contributed by atoms with Crippen LogP contribution in [0.15, 0.2) is 45.4 Å². The van der Waals surface area contributed by atoms with Gasteiger partial charge in [0.15, 0.2) is 17.2 Å². The SMILES string of the molecule is CCc1cc([C@@H]2CCCN2C(=O)c2cc(-c3ccc(Cl)cc3)on2)on1. The average Bonchev–Trinajstić information content (AvgIpc) is 3.40. The molecule has 1 aliphatic rings. The fourth-order valence-electron chi connectivity index (χ4n) is 3.23. The van der Waals surface area contributed by atoms with Crippen LogP contribution in [0.25, 0.3) is 11.3 Å². The van der Waals surface area contributed by atoms with E-state index in [0.717, 1.165) is 36.3 Å². The zero-order valence-corrected chi connectivity index (χ0v) is 15.1. The Morgan fingerprint density at radius 2 is 2.04 bits per heavy atom. The van der Waals surface area contributed by atoms with Crippen molar-refractivity contribution in [2.75, 3.05) is 6.54 Å². The van der Waals surface area contributed by atoms with E-state index in [-0.39, 0.29) is 17.6 Å². The molecule has 1 fully saturated rings. The van der Waals surface area contributed by atoms with Crippen LogP contribution < -0.4 is 0 Å². The fraction of sp³-hybridized carbons (Fsp3) is 0.316. The number of likely N-dealkylation sites (tertiary alicyclic amines) is 1. The molecular formula is C19H18ClN3O3. The van der Waals surface area contributed by atoms with Crippen molar-refractivity contribution in [1.82, 2.24) is 15.2 Å². The van der Waals surface area contributed by atoms with Gasteiger partial charge in [-0.25, -0.2) is 0 Å². The Balaban J connectivity index is 1.56. The Labute approximate surface area is 155 Å². The van der Waals surface area contributed by atoms with Crippen LogP contribution in [-0.2, 0) is 6.42 Å². The molecule has 1 aromatic carbocycles. The lowest BCUT2D eigenvalue weighted by Crippen LogP contribution is -2.30. The van der Waals surface area contributed by atoms with E-state index in [2.05, 4.69) is 10.3 Å². The lowest BCUT2D eigenvalue weighted by Gasteiger charge is -2.21. The van der Waals surface area contributed by atoms with E-state index in [1.165, 1.54) is 0 Å². The maximum absolute atomic E-state index is 12.9. The smallest absolute Gasteiger partial charge is 0.276 e. The predicted octanol–water partition coefficient (Wildman–Crippen LogP) is 4.52. The summed E-state index contributed by atoms with van der Waals surface area (Å²) in [5, 5.41) is 8.64. The summed E-state index contributed by atoms with van der Waals surface area (Å²) >= 11 is 5.91.